The summed E-state index contributed by atoms with van der Waals surface area (Å²) < 4.78 is 29.5. The lowest BCUT2D eigenvalue weighted by Crippen LogP contribution is -2.23. The van der Waals surface area contributed by atoms with Gasteiger partial charge in [-0.3, -0.25) is 4.79 Å². The molecule has 2 N–H and O–H groups in total. The zero-order valence-corrected chi connectivity index (χ0v) is 19.5. The number of rotatable bonds is 9. The van der Waals surface area contributed by atoms with Gasteiger partial charge < -0.3 is 9.88 Å². The maximum Gasteiger partial charge on any atom is 0.264 e. The second-order valence-electron chi connectivity index (χ2n) is 8.17. The minimum Gasteiger partial charge on any atom is -0.325 e. The monoisotopic (exact) mass is 485 g/mol. The van der Waals surface area contributed by atoms with Crippen molar-refractivity contribution < 1.29 is 13.2 Å². The molecule has 2 aliphatic rings. The van der Waals surface area contributed by atoms with Crippen LogP contribution in [-0.2, 0) is 14.8 Å². The van der Waals surface area contributed by atoms with Crippen molar-refractivity contribution in [3.8, 4) is 0 Å². The summed E-state index contributed by atoms with van der Waals surface area (Å²) in [5, 5.41) is 12.0. The molecule has 3 aromatic rings. The van der Waals surface area contributed by atoms with E-state index in [1.165, 1.54) is 36.3 Å². The smallest absolute Gasteiger partial charge is 0.264 e. The van der Waals surface area contributed by atoms with Gasteiger partial charge in [0.2, 0.25) is 11.9 Å². The molecule has 12 heteroatoms. The molecule has 0 bridgehead atoms. The number of hydrogen-bond donors (Lipinski definition) is 2. The Morgan fingerprint density at radius 3 is 2.42 bits per heavy atom. The first-order valence-corrected chi connectivity index (χ1v) is 13.1. The average Bonchev–Trinajstić information content (AvgIpc) is 3.73. The highest BCUT2D eigenvalue weighted by Crippen LogP contribution is 2.46. The number of thioether (sulfide) groups is 1. The number of amides is 1. The first-order valence-electron chi connectivity index (χ1n) is 10.7. The van der Waals surface area contributed by atoms with Gasteiger partial charge in [-0.05, 0) is 62.9 Å². The van der Waals surface area contributed by atoms with Crippen molar-refractivity contribution >= 4 is 39.3 Å². The number of carbonyl (C=O) groups excluding carboxylic acids is 1. The molecule has 0 unspecified atom stereocenters. The van der Waals surface area contributed by atoms with Crippen molar-refractivity contribution in [2.45, 2.75) is 59.9 Å². The molecule has 172 valence electrons. The predicted octanol–water partition coefficient (Wildman–Crippen LogP) is 3.20. The first-order chi connectivity index (χ1) is 15.9. The normalized spacial score (nSPS) is 16.9. The van der Waals surface area contributed by atoms with Gasteiger partial charge in [0.05, 0.1) is 10.1 Å². The Balaban J connectivity index is 1.22. The molecule has 1 amide bonds. The van der Waals surface area contributed by atoms with Gasteiger partial charge in [-0.15, -0.1) is 10.2 Å². The van der Waals surface area contributed by atoms with Crippen molar-refractivity contribution in [2.75, 3.05) is 10.0 Å². The molecule has 2 aliphatic carbocycles. The van der Waals surface area contributed by atoms with Crippen LogP contribution in [0.1, 0.15) is 50.4 Å². The van der Waals surface area contributed by atoms with Gasteiger partial charge in [-0.25, -0.2) is 23.1 Å². The Morgan fingerprint density at radius 2 is 1.79 bits per heavy atom. The maximum absolute atomic E-state index is 12.8. The Kier molecular flexibility index (Phi) is 5.79. The molecular formula is C21H23N7O3S2. The number of aromatic nitrogens is 5. The molecule has 5 rings (SSSR count). The molecular weight excluding hydrogens is 462 g/mol. The molecule has 0 saturated heterocycles. The number of benzene rings is 1. The van der Waals surface area contributed by atoms with Crippen LogP contribution >= 0.6 is 11.8 Å². The molecule has 1 atom stereocenters. The van der Waals surface area contributed by atoms with E-state index in [2.05, 4.69) is 34.8 Å². The van der Waals surface area contributed by atoms with Crippen LogP contribution in [0.3, 0.4) is 0 Å². The number of anilines is 2. The Hall–Kier alpha value is -2.99. The second-order valence-corrected chi connectivity index (χ2v) is 11.2. The minimum atomic E-state index is -3.83. The number of sulfonamides is 1. The lowest BCUT2D eigenvalue weighted by atomic mass is 10.3. The third-order valence-electron chi connectivity index (χ3n) is 5.42. The fraction of sp³-hybridized carbons (Fsp3) is 0.381. The Labute approximate surface area is 195 Å². The van der Waals surface area contributed by atoms with Crippen molar-refractivity contribution in [2.24, 2.45) is 0 Å². The molecule has 0 spiro atoms. The molecule has 0 aliphatic heterocycles. The zero-order valence-electron chi connectivity index (χ0n) is 17.9. The van der Waals surface area contributed by atoms with Gasteiger partial charge in [0.1, 0.15) is 5.82 Å². The number of carbonyl (C=O) groups is 1. The molecule has 2 fully saturated rings. The standard InChI is InChI=1S/C21H23N7O3S2/c1-13(32-21-26-25-18(14-3-4-14)28(21)16-7-8-16)19(29)24-15-5-9-17(10-6-15)33(30,31)27-20-22-11-2-12-23-20/h2,5-6,9-14,16H,3-4,7-8H2,1H3,(H,24,29)(H,22,23,27)/t13-/m0/s1. The third kappa shape index (κ3) is 5.01. The fourth-order valence-corrected chi connectivity index (χ4v) is 5.25. The molecule has 2 heterocycles. The summed E-state index contributed by atoms with van der Waals surface area (Å²) in [6.07, 6.45) is 7.47. The maximum atomic E-state index is 12.8. The molecule has 0 radical (unpaired) electrons. The first kappa shape index (κ1) is 21.8. The van der Waals surface area contributed by atoms with Crippen LogP contribution < -0.4 is 10.0 Å². The van der Waals surface area contributed by atoms with Crippen molar-refractivity contribution in [3.05, 3.63) is 48.5 Å². The van der Waals surface area contributed by atoms with E-state index in [1.807, 2.05) is 6.92 Å². The number of nitrogens with one attached hydrogen (secondary N) is 2. The van der Waals surface area contributed by atoms with Gasteiger partial charge in [-0.2, -0.15) is 0 Å². The summed E-state index contributed by atoms with van der Waals surface area (Å²) in [6, 6.07) is 7.99. The number of hydrogen-bond acceptors (Lipinski definition) is 8. The van der Waals surface area contributed by atoms with Crippen LogP contribution in [0.5, 0.6) is 0 Å². The molecule has 1 aromatic carbocycles. The van der Waals surface area contributed by atoms with Crippen molar-refractivity contribution in [3.63, 3.8) is 0 Å². The van der Waals surface area contributed by atoms with Crippen LogP contribution in [0.2, 0.25) is 0 Å². The SMILES string of the molecule is C[C@H](Sc1nnc(C2CC2)n1C1CC1)C(=O)Nc1ccc(S(=O)(=O)Nc2ncccn2)cc1. The number of nitrogens with zero attached hydrogens (tertiary/aromatic N) is 5. The van der Waals surface area contributed by atoms with Gasteiger partial charge in [0.15, 0.2) is 5.16 Å². The second kappa shape index (κ2) is 8.75. The van der Waals surface area contributed by atoms with E-state index in [1.54, 1.807) is 18.2 Å². The van der Waals surface area contributed by atoms with Gasteiger partial charge in [0.25, 0.3) is 10.0 Å². The average molecular weight is 486 g/mol. The van der Waals surface area contributed by atoms with E-state index in [0.29, 0.717) is 17.6 Å². The van der Waals surface area contributed by atoms with E-state index in [9.17, 15) is 13.2 Å². The van der Waals surface area contributed by atoms with E-state index < -0.39 is 10.0 Å². The van der Waals surface area contributed by atoms with E-state index in [0.717, 1.165) is 36.7 Å². The highest BCUT2D eigenvalue weighted by molar-refractivity contribution is 8.00. The lowest BCUT2D eigenvalue weighted by Gasteiger charge is -2.13. The van der Waals surface area contributed by atoms with Crippen LogP contribution in [-0.4, -0.2) is 44.3 Å². The van der Waals surface area contributed by atoms with E-state index >= 15 is 0 Å². The topological polar surface area (TPSA) is 132 Å². The van der Waals surface area contributed by atoms with Gasteiger partial charge in [-0.1, -0.05) is 11.8 Å². The summed E-state index contributed by atoms with van der Waals surface area (Å²) in [5.41, 5.74) is 0.504. The van der Waals surface area contributed by atoms with Crippen LogP contribution in [0.15, 0.2) is 52.8 Å². The van der Waals surface area contributed by atoms with Gasteiger partial charge in [0, 0.05) is 30.0 Å². The Morgan fingerprint density at radius 1 is 1.09 bits per heavy atom. The van der Waals surface area contributed by atoms with Crippen LogP contribution in [0.25, 0.3) is 0 Å². The largest absolute Gasteiger partial charge is 0.325 e. The summed E-state index contributed by atoms with van der Waals surface area (Å²) in [5.74, 6) is 1.36. The molecule has 10 nitrogen and oxygen atoms in total. The Bertz CT molecular complexity index is 1250. The fourth-order valence-electron chi connectivity index (χ4n) is 3.37. The summed E-state index contributed by atoms with van der Waals surface area (Å²) in [4.78, 5) is 20.5. The summed E-state index contributed by atoms with van der Waals surface area (Å²) >= 11 is 1.40. The minimum absolute atomic E-state index is 0.00961. The van der Waals surface area contributed by atoms with E-state index in [-0.39, 0.29) is 22.0 Å². The lowest BCUT2D eigenvalue weighted by molar-refractivity contribution is -0.115. The molecule has 33 heavy (non-hydrogen) atoms. The molecule has 2 aromatic heterocycles. The van der Waals surface area contributed by atoms with Gasteiger partial charge >= 0.3 is 0 Å². The summed E-state index contributed by atoms with van der Waals surface area (Å²) in [7, 11) is -3.83. The predicted molar refractivity (Wildman–Crippen MR) is 123 cm³/mol. The quantitative estimate of drug-likeness (QED) is 0.442. The van der Waals surface area contributed by atoms with E-state index in [4.69, 9.17) is 0 Å². The highest BCUT2D eigenvalue weighted by atomic mass is 32.2. The molecule has 2 saturated carbocycles. The zero-order chi connectivity index (χ0) is 23.0. The highest BCUT2D eigenvalue weighted by Gasteiger charge is 2.37. The summed E-state index contributed by atoms with van der Waals surface area (Å²) in [6.45, 7) is 1.82. The van der Waals surface area contributed by atoms with Crippen LogP contribution in [0, 0.1) is 0 Å². The third-order valence-corrected chi connectivity index (χ3v) is 7.82. The van der Waals surface area contributed by atoms with Crippen molar-refractivity contribution in [1.82, 2.24) is 24.7 Å². The van der Waals surface area contributed by atoms with Crippen LogP contribution in [0.4, 0.5) is 11.6 Å². The van der Waals surface area contributed by atoms with Crippen molar-refractivity contribution in [1.29, 1.82) is 0 Å².